The molecule has 0 atom stereocenters. The molecule has 2 aromatic carbocycles. The van der Waals surface area contributed by atoms with Gasteiger partial charge in [0, 0.05) is 12.3 Å². The minimum atomic E-state index is -4.21. The second-order valence-electron chi connectivity index (χ2n) is 6.40. The quantitative estimate of drug-likeness (QED) is 0.641. The molecule has 3 rings (SSSR count). The van der Waals surface area contributed by atoms with Crippen molar-refractivity contribution < 1.29 is 27.1 Å². The fourth-order valence-corrected chi connectivity index (χ4v) is 4.41. The second-order valence-corrected chi connectivity index (χ2v) is 8.19. The van der Waals surface area contributed by atoms with Crippen LogP contribution in [-0.2, 0) is 19.6 Å². The zero-order chi connectivity index (χ0) is 21.3. The van der Waals surface area contributed by atoms with Gasteiger partial charge in [0.2, 0.25) is 5.91 Å². The van der Waals surface area contributed by atoms with Gasteiger partial charge in [0.1, 0.15) is 11.5 Å². The molecule has 1 aromatic heterocycles. The molecule has 1 heterocycles. The number of esters is 1. The van der Waals surface area contributed by atoms with Gasteiger partial charge in [-0.1, -0.05) is 17.7 Å². The van der Waals surface area contributed by atoms with E-state index in [1.165, 1.54) is 31.2 Å². The molecule has 1 amide bonds. The van der Waals surface area contributed by atoms with Gasteiger partial charge >= 0.3 is 5.97 Å². The van der Waals surface area contributed by atoms with E-state index >= 15 is 0 Å². The highest BCUT2D eigenvalue weighted by atomic mass is 32.2. The number of carbonyl (C=O) groups is 2. The Balaban J connectivity index is 2.34. The lowest BCUT2D eigenvalue weighted by Gasteiger charge is -2.12. The molecule has 0 bridgehead atoms. The van der Waals surface area contributed by atoms with E-state index in [1.54, 1.807) is 19.1 Å². The standard InChI is InChI=1S/C20H19FN2O5S/c1-4-28-20(25)19-10-14-9-16(21)17(22-13(3)24)11-18(14)23(19)29(26,27)15-7-5-12(2)6-8-15/h5-11H,4H2,1-3H3,(H,22,24). The van der Waals surface area contributed by atoms with Crippen molar-refractivity contribution in [3.05, 3.63) is 59.5 Å². The molecule has 29 heavy (non-hydrogen) atoms. The third kappa shape index (κ3) is 3.86. The van der Waals surface area contributed by atoms with Crippen molar-refractivity contribution in [2.45, 2.75) is 25.7 Å². The van der Waals surface area contributed by atoms with Crippen LogP contribution in [0.3, 0.4) is 0 Å². The number of aryl methyl sites for hydroxylation is 1. The van der Waals surface area contributed by atoms with Crippen LogP contribution in [0.1, 0.15) is 29.9 Å². The van der Waals surface area contributed by atoms with E-state index in [2.05, 4.69) is 5.32 Å². The van der Waals surface area contributed by atoms with E-state index < -0.39 is 27.7 Å². The number of amides is 1. The Morgan fingerprint density at radius 3 is 2.38 bits per heavy atom. The summed E-state index contributed by atoms with van der Waals surface area (Å²) in [7, 11) is -4.21. The topological polar surface area (TPSA) is 94.5 Å². The van der Waals surface area contributed by atoms with Crippen molar-refractivity contribution in [1.82, 2.24) is 3.97 Å². The largest absolute Gasteiger partial charge is 0.461 e. The first-order chi connectivity index (χ1) is 13.6. The summed E-state index contributed by atoms with van der Waals surface area (Å²) in [6.45, 7) is 4.65. The summed E-state index contributed by atoms with van der Waals surface area (Å²) in [5, 5.41) is 2.49. The lowest BCUT2D eigenvalue weighted by atomic mass is 10.2. The number of hydrogen-bond donors (Lipinski definition) is 1. The third-order valence-corrected chi connectivity index (χ3v) is 5.94. The maximum atomic E-state index is 14.3. The fraction of sp³-hybridized carbons (Fsp3) is 0.200. The molecule has 0 radical (unpaired) electrons. The van der Waals surface area contributed by atoms with Crippen LogP contribution in [0.4, 0.5) is 10.1 Å². The zero-order valence-electron chi connectivity index (χ0n) is 16.0. The highest BCUT2D eigenvalue weighted by Gasteiger charge is 2.28. The molecule has 0 spiro atoms. The van der Waals surface area contributed by atoms with Gasteiger partial charge in [-0.05, 0) is 44.2 Å². The molecule has 0 fully saturated rings. The monoisotopic (exact) mass is 418 g/mol. The first kappa shape index (κ1) is 20.5. The average Bonchev–Trinajstić information content (AvgIpc) is 3.01. The molecule has 0 aliphatic heterocycles. The van der Waals surface area contributed by atoms with Crippen LogP contribution in [-0.4, -0.2) is 30.9 Å². The molecule has 0 saturated carbocycles. The molecule has 3 aromatic rings. The second kappa shape index (κ2) is 7.67. The van der Waals surface area contributed by atoms with E-state index in [4.69, 9.17) is 4.74 Å². The van der Waals surface area contributed by atoms with Gasteiger partial charge in [-0.2, -0.15) is 0 Å². The van der Waals surface area contributed by atoms with Gasteiger partial charge in [0.05, 0.1) is 22.7 Å². The average molecular weight is 418 g/mol. The van der Waals surface area contributed by atoms with Crippen LogP contribution in [0.15, 0.2) is 47.4 Å². The summed E-state index contributed by atoms with van der Waals surface area (Å²) in [6.07, 6.45) is 0. The van der Waals surface area contributed by atoms with Gasteiger partial charge in [-0.15, -0.1) is 0 Å². The maximum Gasteiger partial charge on any atom is 0.356 e. The molecule has 0 aliphatic rings. The summed E-state index contributed by atoms with van der Waals surface area (Å²) >= 11 is 0. The Kier molecular flexibility index (Phi) is 5.43. The number of rotatable bonds is 5. The van der Waals surface area contributed by atoms with Crippen LogP contribution in [0, 0.1) is 12.7 Å². The van der Waals surface area contributed by atoms with Crippen LogP contribution in [0.25, 0.3) is 10.9 Å². The number of aromatic nitrogens is 1. The Labute approximate surface area is 167 Å². The van der Waals surface area contributed by atoms with Gasteiger partial charge in [-0.25, -0.2) is 21.6 Å². The summed E-state index contributed by atoms with van der Waals surface area (Å²) in [4.78, 5) is 23.8. The Morgan fingerprint density at radius 1 is 1.14 bits per heavy atom. The lowest BCUT2D eigenvalue weighted by Crippen LogP contribution is -2.20. The summed E-state index contributed by atoms with van der Waals surface area (Å²) < 4.78 is 46.8. The summed E-state index contributed by atoms with van der Waals surface area (Å²) in [5.41, 5.74) is 0.446. The number of nitrogens with zero attached hydrogens (tertiary/aromatic N) is 1. The minimum absolute atomic E-state index is 0.0381. The van der Waals surface area contributed by atoms with Crippen molar-refractivity contribution in [3.8, 4) is 0 Å². The van der Waals surface area contributed by atoms with E-state index in [9.17, 15) is 22.4 Å². The van der Waals surface area contributed by atoms with Crippen LogP contribution >= 0.6 is 0 Å². The SMILES string of the molecule is CCOC(=O)c1cc2cc(F)c(NC(C)=O)cc2n1S(=O)(=O)c1ccc(C)cc1. The van der Waals surface area contributed by atoms with Crippen molar-refractivity contribution >= 4 is 38.5 Å². The number of fused-ring (bicyclic) bond motifs is 1. The number of benzene rings is 2. The predicted molar refractivity (Wildman–Crippen MR) is 106 cm³/mol. The number of ether oxygens (including phenoxy) is 1. The van der Waals surface area contributed by atoms with Gasteiger partial charge < -0.3 is 10.1 Å². The molecule has 152 valence electrons. The molecular weight excluding hydrogens is 399 g/mol. The van der Waals surface area contributed by atoms with E-state index in [-0.39, 0.29) is 33.8 Å². The normalized spacial score (nSPS) is 11.4. The van der Waals surface area contributed by atoms with Crippen LogP contribution in [0.5, 0.6) is 0 Å². The Hall–Kier alpha value is -3.20. The third-order valence-electron chi connectivity index (χ3n) is 4.20. The molecule has 0 aliphatic carbocycles. The predicted octanol–water partition coefficient (Wildman–Crippen LogP) is 3.46. The minimum Gasteiger partial charge on any atom is -0.461 e. The van der Waals surface area contributed by atoms with E-state index in [0.29, 0.717) is 0 Å². The first-order valence-electron chi connectivity index (χ1n) is 8.77. The van der Waals surface area contributed by atoms with E-state index in [1.807, 2.05) is 6.92 Å². The van der Waals surface area contributed by atoms with Crippen molar-refractivity contribution in [3.63, 3.8) is 0 Å². The smallest absolute Gasteiger partial charge is 0.356 e. The maximum absolute atomic E-state index is 14.3. The first-order valence-corrected chi connectivity index (χ1v) is 10.2. The Bertz CT molecular complexity index is 1210. The summed E-state index contributed by atoms with van der Waals surface area (Å²) in [6, 6.07) is 9.59. The van der Waals surface area contributed by atoms with Gasteiger partial charge in [0.15, 0.2) is 0 Å². The highest BCUT2D eigenvalue weighted by Crippen LogP contribution is 2.30. The Morgan fingerprint density at radius 2 is 1.79 bits per heavy atom. The van der Waals surface area contributed by atoms with Gasteiger partial charge in [-0.3, -0.25) is 4.79 Å². The number of carbonyl (C=O) groups excluding carboxylic acids is 2. The van der Waals surface area contributed by atoms with Crippen LogP contribution in [0.2, 0.25) is 0 Å². The van der Waals surface area contributed by atoms with Crippen molar-refractivity contribution in [2.24, 2.45) is 0 Å². The number of hydrogen-bond acceptors (Lipinski definition) is 5. The zero-order valence-corrected chi connectivity index (χ0v) is 16.8. The molecule has 7 nitrogen and oxygen atoms in total. The molecular formula is C20H19FN2O5S. The van der Waals surface area contributed by atoms with Gasteiger partial charge in [0.25, 0.3) is 10.0 Å². The lowest BCUT2D eigenvalue weighted by molar-refractivity contribution is -0.114. The number of anilines is 1. The molecule has 0 unspecified atom stereocenters. The fourth-order valence-electron chi connectivity index (χ4n) is 2.91. The number of halogens is 1. The highest BCUT2D eigenvalue weighted by molar-refractivity contribution is 7.90. The molecule has 0 saturated heterocycles. The number of nitrogens with one attached hydrogen (secondary N) is 1. The van der Waals surface area contributed by atoms with Crippen molar-refractivity contribution in [2.75, 3.05) is 11.9 Å². The van der Waals surface area contributed by atoms with Crippen molar-refractivity contribution in [1.29, 1.82) is 0 Å². The van der Waals surface area contributed by atoms with Crippen LogP contribution < -0.4 is 5.32 Å². The van der Waals surface area contributed by atoms with E-state index in [0.717, 1.165) is 15.6 Å². The molecule has 1 N–H and O–H groups in total. The summed E-state index contributed by atoms with van der Waals surface area (Å²) in [5.74, 6) is -2.14. The molecule has 9 heteroatoms.